The Morgan fingerprint density at radius 3 is 2.14 bits per heavy atom. The summed E-state index contributed by atoms with van der Waals surface area (Å²) in [6.45, 7) is -0.866. The maximum Gasteiger partial charge on any atom is 0.248 e. The van der Waals surface area contributed by atoms with E-state index in [9.17, 15) is 18.0 Å². The van der Waals surface area contributed by atoms with Gasteiger partial charge in [0, 0.05) is 12.8 Å². The van der Waals surface area contributed by atoms with E-state index in [1.165, 1.54) is 0 Å². The molecule has 0 N–H and O–H groups in total. The van der Waals surface area contributed by atoms with E-state index in [0.29, 0.717) is 10.8 Å². The second-order valence-corrected chi connectivity index (χ2v) is 4.75. The molecule has 0 aromatic carbocycles. The molecule has 14 heavy (non-hydrogen) atoms. The molecule has 1 aliphatic rings. The molecule has 0 bridgehead atoms. The van der Waals surface area contributed by atoms with Gasteiger partial charge in [-0.3, -0.25) is 4.79 Å². The van der Waals surface area contributed by atoms with Crippen LogP contribution in [0.4, 0.5) is 13.2 Å². The number of thiol groups is 1. The van der Waals surface area contributed by atoms with E-state index in [2.05, 4.69) is 11.7 Å². The van der Waals surface area contributed by atoms with Crippen molar-refractivity contribution in [3.63, 3.8) is 0 Å². The molecule has 0 amide bonds. The molecule has 1 saturated carbocycles. The molecule has 1 fully saturated rings. The molecule has 82 valence electrons. The predicted molar refractivity (Wildman–Crippen MR) is 53.4 cm³/mol. The maximum absolute atomic E-state index is 12.8. The zero-order valence-corrected chi connectivity index (χ0v) is 9.14. The zero-order valence-electron chi connectivity index (χ0n) is 7.43. The van der Waals surface area contributed by atoms with Gasteiger partial charge >= 0.3 is 0 Å². The third kappa shape index (κ3) is 2.39. The Kier molecular flexibility index (Phi) is 3.80. The van der Waals surface area contributed by atoms with Gasteiger partial charge in [-0.2, -0.15) is 0 Å². The minimum absolute atomic E-state index is 0.0805. The molecule has 1 rings (SSSR count). The molecule has 0 aliphatic heterocycles. The Labute approximate surface area is 89.6 Å². The Balaban J connectivity index is 2.71. The van der Waals surface area contributed by atoms with Crippen molar-refractivity contribution in [2.24, 2.45) is 5.41 Å². The van der Waals surface area contributed by atoms with Crippen LogP contribution in [-0.4, -0.2) is 17.7 Å². The maximum atomic E-state index is 12.8. The summed E-state index contributed by atoms with van der Waals surface area (Å²) in [4.78, 5) is 11.3. The number of carbonyl (C=O) groups excluding carboxylic acids is 1. The van der Waals surface area contributed by atoms with E-state index in [1.807, 2.05) is 0 Å². The average molecular weight is 244 g/mol. The van der Waals surface area contributed by atoms with Gasteiger partial charge in [-0.1, -0.05) is 0 Å². The minimum atomic E-state index is -2.74. The highest BCUT2D eigenvalue weighted by Crippen LogP contribution is 2.46. The second-order valence-electron chi connectivity index (χ2n) is 3.65. The van der Waals surface area contributed by atoms with Crippen LogP contribution < -0.4 is 0 Å². The monoisotopic (exact) mass is 244 g/mol. The molecule has 6 heteroatoms. The zero-order chi connectivity index (χ0) is 10.8. The number of hydrogen-bond donors (Lipinski definition) is 1. The first-order chi connectivity index (χ1) is 6.46. The van der Waals surface area contributed by atoms with E-state index in [4.69, 9.17) is 0 Å². The fourth-order valence-electron chi connectivity index (χ4n) is 1.58. The number of halogens is 3. The molecule has 0 spiro atoms. The molecule has 0 atom stereocenters. The summed E-state index contributed by atoms with van der Waals surface area (Å²) in [6.07, 6.45) is -0.972. The molecule has 0 aromatic rings. The summed E-state index contributed by atoms with van der Waals surface area (Å²) in [5.74, 6) is -2.74. The van der Waals surface area contributed by atoms with Gasteiger partial charge in [0.05, 0.1) is 5.41 Å². The molecule has 0 saturated heterocycles. The summed E-state index contributed by atoms with van der Waals surface area (Å²) >= 11 is 3.69. The summed E-state index contributed by atoms with van der Waals surface area (Å²) in [5.41, 5.74) is -1.21. The Hall–Kier alpha value is 0.160. The standard InChI is InChI=1S/C8H11F3OS2/c9-5-7(6(12)14-13)1-3-8(10,11)4-2-7/h13H,1-5H2. The first kappa shape index (κ1) is 12.2. The predicted octanol–water partition coefficient (Wildman–Crippen LogP) is 3.26. The fourth-order valence-corrected chi connectivity index (χ4v) is 2.62. The highest BCUT2D eigenvalue weighted by molar-refractivity contribution is 8.74. The first-order valence-electron chi connectivity index (χ1n) is 4.25. The van der Waals surface area contributed by atoms with Gasteiger partial charge in [-0.05, 0) is 23.6 Å². The molecule has 0 unspecified atom stereocenters. The first-order valence-corrected chi connectivity index (χ1v) is 6.12. The van der Waals surface area contributed by atoms with Crippen molar-refractivity contribution in [1.29, 1.82) is 0 Å². The molecule has 0 aromatic heterocycles. The van der Waals surface area contributed by atoms with Crippen molar-refractivity contribution in [3.8, 4) is 0 Å². The average Bonchev–Trinajstić information content (AvgIpc) is 2.18. The van der Waals surface area contributed by atoms with Crippen LogP contribution >= 0.6 is 22.5 Å². The van der Waals surface area contributed by atoms with Gasteiger partial charge in [-0.15, -0.1) is 11.7 Å². The summed E-state index contributed by atoms with van der Waals surface area (Å²) in [5, 5.41) is -0.432. The number of alkyl halides is 3. The lowest BCUT2D eigenvalue weighted by Gasteiger charge is -2.35. The Morgan fingerprint density at radius 2 is 1.79 bits per heavy atom. The van der Waals surface area contributed by atoms with Gasteiger partial charge in [0.2, 0.25) is 11.0 Å². The molecule has 0 heterocycles. The van der Waals surface area contributed by atoms with Crippen molar-refractivity contribution >= 4 is 27.6 Å². The summed E-state index contributed by atoms with van der Waals surface area (Å²) in [7, 11) is 0.626. The largest absolute Gasteiger partial charge is 0.286 e. The van der Waals surface area contributed by atoms with Crippen LogP contribution in [0.3, 0.4) is 0 Å². The summed E-state index contributed by atoms with van der Waals surface area (Å²) in [6, 6.07) is 0. The van der Waals surface area contributed by atoms with E-state index in [0.717, 1.165) is 0 Å². The van der Waals surface area contributed by atoms with E-state index in [-0.39, 0.29) is 12.8 Å². The van der Waals surface area contributed by atoms with Crippen molar-refractivity contribution in [1.82, 2.24) is 0 Å². The van der Waals surface area contributed by atoms with E-state index < -0.39 is 36.0 Å². The Morgan fingerprint density at radius 1 is 1.29 bits per heavy atom. The van der Waals surface area contributed by atoms with Crippen LogP contribution in [0.15, 0.2) is 0 Å². The van der Waals surface area contributed by atoms with Crippen LogP contribution in [0, 0.1) is 5.41 Å². The molecular weight excluding hydrogens is 233 g/mol. The van der Waals surface area contributed by atoms with Crippen LogP contribution in [0.25, 0.3) is 0 Å². The molecule has 0 radical (unpaired) electrons. The van der Waals surface area contributed by atoms with Gasteiger partial charge in [0.15, 0.2) is 0 Å². The van der Waals surface area contributed by atoms with Gasteiger partial charge in [0.25, 0.3) is 0 Å². The van der Waals surface area contributed by atoms with Gasteiger partial charge in [-0.25, -0.2) is 13.2 Å². The molecule has 1 nitrogen and oxygen atoms in total. The van der Waals surface area contributed by atoms with Crippen molar-refractivity contribution in [2.75, 3.05) is 6.67 Å². The topological polar surface area (TPSA) is 17.1 Å². The van der Waals surface area contributed by atoms with Crippen molar-refractivity contribution in [3.05, 3.63) is 0 Å². The van der Waals surface area contributed by atoms with Crippen molar-refractivity contribution < 1.29 is 18.0 Å². The minimum Gasteiger partial charge on any atom is -0.286 e. The number of rotatable bonds is 2. The lowest BCUT2D eigenvalue weighted by Crippen LogP contribution is -2.39. The Bertz CT molecular complexity index is 223. The molecule has 1 aliphatic carbocycles. The number of hydrogen-bond acceptors (Lipinski definition) is 3. The third-order valence-corrected chi connectivity index (χ3v) is 3.81. The van der Waals surface area contributed by atoms with Crippen LogP contribution in [-0.2, 0) is 4.79 Å². The lowest BCUT2D eigenvalue weighted by molar-refractivity contribution is -0.129. The highest BCUT2D eigenvalue weighted by atomic mass is 33.1. The normalized spacial score (nSPS) is 24.6. The SMILES string of the molecule is O=C(SS)C1(CF)CCC(F)(F)CC1. The number of carbonyl (C=O) groups is 1. The van der Waals surface area contributed by atoms with Crippen LogP contribution in [0.2, 0.25) is 0 Å². The van der Waals surface area contributed by atoms with Crippen LogP contribution in [0.1, 0.15) is 25.7 Å². The lowest BCUT2D eigenvalue weighted by atomic mass is 9.74. The quantitative estimate of drug-likeness (QED) is 0.593. The second kappa shape index (κ2) is 4.35. The fraction of sp³-hybridized carbons (Fsp3) is 0.875. The smallest absolute Gasteiger partial charge is 0.248 e. The van der Waals surface area contributed by atoms with E-state index in [1.54, 1.807) is 0 Å². The van der Waals surface area contributed by atoms with Gasteiger partial charge < -0.3 is 0 Å². The van der Waals surface area contributed by atoms with Crippen LogP contribution in [0.5, 0.6) is 0 Å². The van der Waals surface area contributed by atoms with Crippen molar-refractivity contribution in [2.45, 2.75) is 31.6 Å². The van der Waals surface area contributed by atoms with E-state index >= 15 is 0 Å². The van der Waals surface area contributed by atoms with Gasteiger partial charge in [0.1, 0.15) is 6.67 Å². The third-order valence-electron chi connectivity index (χ3n) is 2.71. The summed E-state index contributed by atoms with van der Waals surface area (Å²) < 4.78 is 38.3. The highest BCUT2D eigenvalue weighted by Gasteiger charge is 2.47. The molecular formula is C8H11F3OS2.